The van der Waals surface area contributed by atoms with Gasteiger partial charge in [0.05, 0.1) is 22.8 Å². The number of hydrogen-bond donors (Lipinski definition) is 1. The molecule has 3 rings (SSSR count). The number of hydrogen-bond acceptors (Lipinski definition) is 4. The number of fused-ring (bicyclic) bond motifs is 1. The molecule has 1 N–H and O–H groups in total. The predicted molar refractivity (Wildman–Crippen MR) is 86.9 cm³/mol. The Balaban J connectivity index is 2.09. The Bertz CT molecular complexity index is 918. The molecule has 2 heterocycles. The lowest BCUT2D eigenvalue weighted by molar-refractivity contribution is -0.136. The average molecular weight is 329 g/mol. The van der Waals surface area contributed by atoms with Crippen LogP contribution in [0.1, 0.15) is 11.3 Å². The summed E-state index contributed by atoms with van der Waals surface area (Å²) in [5, 5.41) is 17.9. The molecule has 0 bridgehead atoms. The molecule has 0 amide bonds. The summed E-state index contributed by atoms with van der Waals surface area (Å²) in [6.07, 6.45) is 1.40. The third-order valence-corrected chi connectivity index (χ3v) is 3.43. The van der Waals surface area contributed by atoms with Gasteiger partial charge < -0.3 is 5.11 Å². The number of imidazole rings is 1. The summed E-state index contributed by atoms with van der Waals surface area (Å²) < 4.78 is 1.64. The van der Waals surface area contributed by atoms with Crippen molar-refractivity contribution in [3.63, 3.8) is 0 Å². The van der Waals surface area contributed by atoms with Crippen LogP contribution in [0, 0.1) is 6.92 Å². The van der Waals surface area contributed by atoms with E-state index in [9.17, 15) is 4.79 Å². The van der Waals surface area contributed by atoms with Gasteiger partial charge in [-0.15, -0.1) is 10.2 Å². The number of aromatic nitrogens is 2. The lowest BCUT2D eigenvalue weighted by Gasteiger charge is -1.99. The van der Waals surface area contributed by atoms with Crippen LogP contribution >= 0.6 is 11.6 Å². The second-order valence-corrected chi connectivity index (χ2v) is 5.50. The van der Waals surface area contributed by atoms with Crippen molar-refractivity contribution in [3.8, 4) is 0 Å². The zero-order valence-electron chi connectivity index (χ0n) is 12.3. The first-order valence-electron chi connectivity index (χ1n) is 6.89. The summed E-state index contributed by atoms with van der Waals surface area (Å²) >= 11 is 6.01. The molecule has 0 saturated heterocycles. The van der Waals surface area contributed by atoms with E-state index in [1.807, 2.05) is 31.2 Å². The maximum Gasteiger partial charge on any atom is 0.309 e. The largest absolute Gasteiger partial charge is 0.481 e. The minimum absolute atomic E-state index is 0.235. The number of carboxylic acid groups (broad SMARTS) is 1. The van der Waals surface area contributed by atoms with E-state index in [1.54, 1.807) is 22.7 Å². The van der Waals surface area contributed by atoms with Gasteiger partial charge in [0.15, 0.2) is 5.82 Å². The van der Waals surface area contributed by atoms with Crippen LogP contribution in [0.2, 0.25) is 5.02 Å². The fourth-order valence-electron chi connectivity index (χ4n) is 2.22. The van der Waals surface area contributed by atoms with Gasteiger partial charge in [0.2, 0.25) is 0 Å². The molecule has 0 fully saturated rings. The maximum atomic E-state index is 11.0. The quantitative estimate of drug-likeness (QED) is 0.723. The normalized spacial score (nSPS) is 11.4. The highest BCUT2D eigenvalue weighted by Gasteiger charge is 2.15. The van der Waals surface area contributed by atoms with Crippen molar-refractivity contribution in [3.05, 3.63) is 58.9 Å². The number of aryl methyl sites for hydroxylation is 1. The van der Waals surface area contributed by atoms with Gasteiger partial charge in [0, 0.05) is 6.20 Å². The molecular weight excluding hydrogens is 316 g/mol. The molecule has 3 aromatic rings. The lowest BCUT2D eigenvalue weighted by Crippen LogP contribution is -2.00. The molecule has 116 valence electrons. The molecule has 0 unspecified atom stereocenters. The fraction of sp³-hybridized carbons (Fsp3) is 0.125. The van der Waals surface area contributed by atoms with E-state index in [0.717, 1.165) is 5.56 Å². The summed E-state index contributed by atoms with van der Waals surface area (Å²) in [6, 6.07) is 10.9. The van der Waals surface area contributed by atoms with Gasteiger partial charge in [-0.2, -0.15) is 0 Å². The topological polar surface area (TPSA) is 79.3 Å². The van der Waals surface area contributed by atoms with Crippen LogP contribution in [0.15, 0.2) is 52.8 Å². The molecule has 0 aliphatic carbocycles. The zero-order valence-corrected chi connectivity index (χ0v) is 13.0. The number of nitrogens with zero attached hydrogens (tertiary/aromatic N) is 4. The number of benzene rings is 1. The predicted octanol–water partition coefficient (Wildman–Crippen LogP) is 4.34. The Hall–Kier alpha value is -2.73. The zero-order chi connectivity index (χ0) is 16.4. The maximum absolute atomic E-state index is 11.0. The Labute approximate surface area is 137 Å². The molecular formula is C16H13ClN4O2. The van der Waals surface area contributed by atoms with E-state index in [-0.39, 0.29) is 6.42 Å². The highest BCUT2D eigenvalue weighted by atomic mass is 35.5. The molecule has 0 saturated carbocycles. The van der Waals surface area contributed by atoms with Crippen LogP contribution in [0.25, 0.3) is 5.65 Å². The van der Waals surface area contributed by atoms with Gasteiger partial charge in [-0.05, 0) is 36.8 Å². The van der Waals surface area contributed by atoms with Crippen molar-refractivity contribution in [2.45, 2.75) is 13.3 Å². The van der Waals surface area contributed by atoms with Crippen LogP contribution in [0.4, 0.5) is 11.5 Å². The molecule has 0 radical (unpaired) electrons. The van der Waals surface area contributed by atoms with Gasteiger partial charge >= 0.3 is 5.97 Å². The number of carboxylic acids is 1. The summed E-state index contributed by atoms with van der Waals surface area (Å²) in [6.45, 7) is 1.96. The first kappa shape index (κ1) is 15.2. The summed E-state index contributed by atoms with van der Waals surface area (Å²) in [4.78, 5) is 15.3. The molecule has 23 heavy (non-hydrogen) atoms. The van der Waals surface area contributed by atoms with Gasteiger partial charge in [-0.25, -0.2) is 4.98 Å². The summed E-state index contributed by atoms with van der Waals surface area (Å²) in [5.74, 6) is -0.613. The van der Waals surface area contributed by atoms with E-state index in [1.165, 1.54) is 0 Å². The second-order valence-electron chi connectivity index (χ2n) is 5.07. The van der Waals surface area contributed by atoms with Crippen molar-refractivity contribution in [1.82, 2.24) is 9.38 Å². The molecule has 6 nitrogen and oxygen atoms in total. The van der Waals surface area contributed by atoms with Gasteiger partial charge in [0.25, 0.3) is 0 Å². The average Bonchev–Trinajstić information content (AvgIpc) is 2.81. The van der Waals surface area contributed by atoms with Crippen LogP contribution in [0.5, 0.6) is 0 Å². The Morgan fingerprint density at radius 2 is 2.13 bits per heavy atom. The number of pyridine rings is 1. The highest BCUT2D eigenvalue weighted by molar-refractivity contribution is 6.30. The van der Waals surface area contributed by atoms with Crippen molar-refractivity contribution in [2.75, 3.05) is 0 Å². The van der Waals surface area contributed by atoms with Crippen molar-refractivity contribution >= 4 is 34.7 Å². The smallest absolute Gasteiger partial charge is 0.309 e. The summed E-state index contributed by atoms with van der Waals surface area (Å²) in [5.41, 5.74) is 2.66. The number of rotatable bonds is 4. The van der Waals surface area contributed by atoms with Gasteiger partial charge in [-0.1, -0.05) is 23.7 Å². The van der Waals surface area contributed by atoms with Gasteiger partial charge in [0.1, 0.15) is 5.65 Å². The lowest BCUT2D eigenvalue weighted by atomic mass is 10.2. The SMILES string of the molecule is Cc1cccc(N=Nc2c(CC(=O)O)nc3ccc(Cl)cn23)c1. The number of halogens is 1. The Morgan fingerprint density at radius 3 is 2.87 bits per heavy atom. The van der Waals surface area contributed by atoms with Crippen LogP contribution in [-0.4, -0.2) is 20.5 Å². The molecule has 0 atom stereocenters. The highest BCUT2D eigenvalue weighted by Crippen LogP contribution is 2.26. The summed E-state index contributed by atoms with van der Waals surface area (Å²) in [7, 11) is 0. The van der Waals surface area contributed by atoms with Crippen LogP contribution in [-0.2, 0) is 11.2 Å². The van der Waals surface area contributed by atoms with E-state index in [4.69, 9.17) is 16.7 Å². The van der Waals surface area contributed by atoms with Crippen molar-refractivity contribution in [1.29, 1.82) is 0 Å². The number of aliphatic carboxylic acids is 1. The van der Waals surface area contributed by atoms with E-state index < -0.39 is 5.97 Å². The van der Waals surface area contributed by atoms with E-state index in [0.29, 0.717) is 27.9 Å². The van der Waals surface area contributed by atoms with Crippen molar-refractivity contribution in [2.24, 2.45) is 10.2 Å². The first-order valence-corrected chi connectivity index (χ1v) is 7.27. The van der Waals surface area contributed by atoms with E-state index >= 15 is 0 Å². The standard InChI is InChI=1S/C16H13ClN4O2/c1-10-3-2-4-12(7-10)19-20-16-13(8-15(22)23)18-14-6-5-11(17)9-21(14)16/h2-7,9H,8H2,1H3,(H,22,23). The monoisotopic (exact) mass is 328 g/mol. The minimum Gasteiger partial charge on any atom is -0.481 e. The third kappa shape index (κ3) is 3.37. The molecule has 0 spiro atoms. The van der Waals surface area contributed by atoms with Gasteiger partial charge in [-0.3, -0.25) is 9.20 Å². The minimum atomic E-state index is -0.980. The Morgan fingerprint density at radius 1 is 1.30 bits per heavy atom. The molecule has 7 heteroatoms. The molecule has 0 aliphatic heterocycles. The first-order chi connectivity index (χ1) is 11.0. The third-order valence-electron chi connectivity index (χ3n) is 3.21. The fourth-order valence-corrected chi connectivity index (χ4v) is 2.38. The van der Waals surface area contributed by atoms with E-state index in [2.05, 4.69) is 15.2 Å². The van der Waals surface area contributed by atoms with Crippen molar-refractivity contribution < 1.29 is 9.90 Å². The Kier molecular flexibility index (Phi) is 4.08. The molecule has 0 aliphatic rings. The van der Waals surface area contributed by atoms with Crippen LogP contribution in [0.3, 0.4) is 0 Å². The molecule has 2 aromatic heterocycles. The number of azo groups is 1. The van der Waals surface area contributed by atoms with Crippen LogP contribution < -0.4 is 0 Å². The second kappa shape index (κ2) is 6.18. The molecule has 1 aromatic carbocycles. The number of carbonyl (C=O) groups is 1.